The number of unbranched alkanes of at least 4 members (excludes halogenated alkanes) is 1. The summed E-state index contributed by atoms with van der Waals surface area (Å²) in [6.45, 7) is 8.04. The monoisotopic (exact) mass is 413 g/mol. The molecule has 0 aromatic heterocycles. The van der Waals surface area contributed by atoms with E-state index in [1.807, 2.05) is 0 Å². The van der Waals surface area contributed by atoms with Crippen LogP contribution in [0.2, 0.25) is 0 Å². The molecule has 2 aliphatic rings. The van der Waals surface area contributed by atoms with Crippen molar-refractivity contribution in [2.75, 3.05) is 46.3 Å². The van der Waals surface area contributed by atoms with Crippen molar-refractivity contribution in [2.24, 2.45) is 10.9 Å². The molecule has 3 rings (SSSR count). The molecule has 1 fully saturated rings. The first-order valence-electron chi connectivity index (χ1n) is 11.2. The highest BCUT2D eigenvalue weighted by molar-refractivity contribution is 6.21. The van der Waals surface area contributed by atoms with Crippen molar-refractivity contribution in [1.29, 1.82) is 0 Å². The molecule has 164 valence electrons. The molecule has 30 heavy (non-hydrogen) atoms. The maximum atomic E-state index is 12.4. The number of aliphatic imine (C=N–C) groups is 1. The molecule has 0 unspecified atom stereocenters. The van der Waals surface area contributed by atoms with Gasteiger partial charge in [-0.3, -0.25) is 19.5 Å². The van der Waals surface area contributed by atoms with Crippen molar-refractivity contribution in [3.63, 3.8) is 0 Å². The average Bonchev–Trinajstić information content (AvgIpc) is 3.01. The second-order valence-corrected chi connectivity index (χ2v) is 8.32. The van der Waals surface area contributed by atoms with Crippen LogP contribution in [-0.4, -0.2) is 73.9 Å². The molecule has 1 aromatic rings. The van der Waals surface area contributed by atoms with Crippen LogP contribution in [0.1, 0.15) is 59.7 Å². The minimum Gasteiger partial charge on any atom is -0.356 e. The van der Waals surface area contributed by atoms with Crippen LogP contribution in [-0.2, 0) is 0 Å². The number of hydrogen-bond donors (Lipinski definition) is 2. The SMILES string of the molecule is CN=C(NCCCCN1C(=O)c2ccccc2C1=O)NCCCN1CCC(C)CC1. The molecular weight excluding hydrogens is 378 g/mol. The molecule has 1 saturated heterocycles. The van der Waals surface area contributed by atoms with Crippen LogP contribution in [0, 0.1) is 5.92 Å². The number of imide groups is 1. The lowest BCUT2D eigenvalue weighted by molar-refractivity contribution is 0.0652. The van der Waals surface area contributed by atoms with Crippen LogP contribution in [0.25, 0.3) is 0 Å². The Morgan fingerprint density at radius 3 is 2.17 bits per heavy atom. The van der Waals surface area contributed by atoms with Gasteiger partial charge in [0.05, 0.1) is 11.1 Å². The van der Waals surface area contributed by atoms with E-state index in [1.165, 1.54) is 30.8 Å². The molecule has 7 heteroatoms. The Balaban J connectivity index is 1.27. The van der Waals surface area contributed by atoms with E-state index < -0.39 is 0 Å². The van der Waals surface area contributed by atoms with Crippen LogP contribution in [0.4, 0.5) is 0 Å². The van der Waals surface area contributed by atoms with Gasteiger partial charge in [-0.05, 0) is 69.8 Å². The van der Waals surface area contributed by atoms with Crippen LogP contribution >= 0.6 is 0 Å². The summed E-state index contributed by atoms with van der Waals surface area (Å²) < 4.78 is 0. The topological polar surface area (TPSA) is 77.0 Å². The number of carbonyl (C=O) groups is 2. The van der Waals surface area contributed by atoms with Gasteiger partial charge in [0.25, 0.3) is 11.8 Å². The van der Waals surface area contributed by atoms with Crippen molar-refractivity contribution in [1.82, 2.24) is 20.4 Å². The minimum atomic E-state index is -0.177. The molecule has 2 heterocycles. The number of amides is 2. The smallest absolute Gasteiger partial charge is 0.261 e. The first kappa shape index (κ1) is 22.3. The van der Waals surface area contributed by atoms with Gasteiger partial charge >= 0.3 is 0 Å². The lowest BCUT2D eigenvalue weighted by Crippen LogP contribution is -2.40. The lowest BCUT2D eigenvalue weighted by Gasteiger charge is -2.30. The van der Waals surface area contributed by atoms with Gasteiger partial charge < -0.3 is 15.5 Å². The summed E-state index contributed by atoms with van der Waals surface area (Å²) in [4.78, 5) is 32.9. The largest absolute Gasteiger partial charge is 0.356 e. The highest BCUT2D eigenvalue weighted by atomic mass is 16.2. The number of carbonyl (C=O) groups excluding carboxylic acids is 2. The fourth-order valence-corrected chi connectivity index (χ4v) is 4.06. The van der Waals surface area contributed by atoms with E-state index in [2.05, 4.69) is 27.4 Å². The second-order valence-electron chi connectivity index (χ2n) is 8.32. The maximum Gasteiger partial charge on any atom is 0.261 e. The molecule has 2 amide bonds. The zero-order chi connectivity index (χ0) is 21.3. The molecule has 0 aliphatic carbocycles. The fourth-order valence-electron chi connectivity index (χ4n) is 4.06. The van der Waals surface area contributed by atoms with Crippen LogP contribution in [0.3, 0.4) is 0 Å². The zero-order valence-corrected chi connectivity index (χ0v) is 18.3. The summed E-state index contributed by atoms with van der Waals surface area (Å²) in [7, 11) is 1.78. The molecule has 0 saturated carbocycles. The van der Waals surface area contributed by atoms with Gasteiger partial charge in [0.1, 0.15) is 0 Å². The Kier molecular flexibility index (Phi) is 8.25. The van der Waals surface area contributed by atoms with Gasteiger partial charge in [-0.2, -0.15) is 0 Å². The summed E-state index contributed by atoms with van der Waals surface area (Å²) in [6, 6.07) is 7.03. The minimum absolute atomic E-state index is 0.177. The Morgan fingerprint density at radius 1 is 0.967 bits per heavy atom. The molecule has 2 aliphatic heterocycles. The molecular formula is C23H35N5O2. The van der Waals surface area contributed by atoms with E-state index in [0.717, 1.165) is 50.8 Å². The van der Waals surface area contributed by atoms with Gasteiger partial charge in [-0.1, -0.05) is 19.1 Å². The number of nitrogens with one attached hydrogen (secondary N) is 2. The Hall–Kier alpha value is -2.41. The normalized spacial score (nSPS) is 18.1. The van der Waals surface area contributed by atoms with Crippen LogP contribution < -0.4 is 10.6 Å². The fraction of sp³-hybridized carbons (Fsp3) is 0.609. The van der Waals surface area contributed by atoms with Crippen molar-refractivity contribution in [3.05, 3.63) is 35.4 Å². The van der Waals surface area contributed by atoms with Gasteiger partial charge in [0, 0.05) is 26.7 Å². The number of fused-ring (bicyclic) bond motifs is 1. The maximum absolute atomic E-state index is 12.4. The average molecular weight is 414 g/mol. The summed E-state index contributed by atoms with van der Waals surface area (Å²) in [6.07, 6.45) is 5.37. The number of likely N-dealkylation sites (tertiary alicyclic amines) is 1. The summed E-state index contributed by atoms with van der Waals surface area (Å²) in [5.41, 5.74) is 1.04. The highest BCUT2D eigenvalue weighted by Gasteiger charge is 2.34. The summed E-state index contributed by atoms with van der Waals surface area (Å²) in [5, 5.41) is 6.68. The molecule has 1 aromatic carbocycles. The number of nitrogens with zero attached hydrogens (tertiary/aromatic N) is 3. The predicted octanol–water partition coefficient (Wildman–Crippen LogP) is 2.35. The molecule has 0 spiro atoms. The van der Waals surface area contributed by atoms with Crippen LogP contribution in [0.5, 0.6) is 0 Å². The number of rotatable bonds is 9. The molecule has 2 N–H and O–H groups in total. The van der Waals surface area contributed by atoms with Crippen molar-refractivity contribution < 1.29 is 9.59 Å². The van der Waals surface area contributed by atoms with E-state index in [4.69, 9.17) is 0 Å². The van der Waals surface area contributed by atoms with E-state index in [0.29, 0.717) is 17.7 Å². The third kappa shape index (κ3) is 5.81. The van der Waals surface area contributed by atoms with E-state index in [1.54, 1.807) is 31.3 Å². The van der Waals surface area contributed by atoms with Crippen molar-refractivity contribution >= 4 is 17.8 Å². The summed E-state index contributed by atoms with van der Waals surface area (Å²) >= 11 is 0. The highest BCUT2D eigenvalue weighted by Crippen LogP contribution is 2.22. The standard InChI is InChI=1S/C23H35N5O2/c1-18-10-16-27(17-11-18)14-7-13-26-23(24-2)25-12-5-6-15-28-21(29)19-8-3-4-9-20(19)22(28)30/h3-4,8-9,18H,5-7,10-17H2,1-2H3,(H2,24,25,26). The number of benzene rings is 1. The number of hydrogen-bond acceptors (Lipinski definition) is 4. The Labute approximate surface area is 179 Å². The zero-order valence-electron chi connectivity index (χ0n) is 18.3. The molecule has 0 radical (unpaired) electrons. The van der Waals surface area contributed by atoms with Gasteiger partial charge in [0.15, 0.2) is 5.96 Å². The van der Waals surface area contributed by atoms with Gasteiger partial charge in [-0.15, -0.1) is 0 Å². The number of piperidine rings is 1. The van der Waals surface area contributed by atoms with Gasteiger partial charge in [-0.25, -0.2) is 0 Å². The molecule has 0 bridgehead atoms. The first-order chi connectivity index (χ1) is 14.6. The van der Waals surface area contributed by atoms with Crippen LogP contribution in [0.15, 0.2) is 29.3 Å². The molecule has 7 nitrogen and oxygen atoms in total. The van der Waals surface area contributed by atoms with E-state index in [9.17, 15) is 9.59 Å². The van der Waals surface area contributed by atoms with Crippen molar-refractivity contribution in [3.8, 4) is 0 Å². The predicted molar refractivity (Wildman–Crippen MR) is 120 cm³/mol. The third-order valence-corrected chi connectivity index (χ3v) is 6.02. The summed E-state index contributed by atoms with van der Waals surface area (Å²) in [5.74, 6) is 1.33. The quantitative estimate of drug-likeness (QED) is 0.281. The first-order valence-corrected chi connectivity index (χ1v) is 11.2. The van der Waals surface area contributed by atoms with Gasteiger partial charge in [0.2, 0.25) is 0 Å². The second kappa shape index (κ2) is 11.1. The molecule has 0 atom stereocenters. The Bertz CT molecular complexity index is 721. The number of guanidine groups is 1. The van der Waals surface area contributed by atoms with E-state index >= 15 is 0 Å². The lowest BCUT2D eigenvalue weighted by atomic mass is 9.99. The van der Waals surface area contributed by atoms with E-state index in [-0.39, 0.29) is 11.8 Å². The Morgan fingerprint density at radius 2 is 1.57 bits per heavy atom. The third-order valence-electron chi connectivity index (χ3n) is 6.02. The van der Waals surface area contributed by atoms with Crippen molar-refractivity contribution in [2.45, 2.75) is 39.0 Å².